The van der Waals surface area contributed by atoms with Crippen LogP contribution in [0.3, 0.4) is 0 Å². The normalized spacial score (nSPS) is 16.6. The predicted molar refractivity (Wildman–Crippen MR) is 77.6 cm³/mol. The molecule has 1 atom stereocenters. The fourth-order valence-corrected chi connectivity index (χ4v) is 1.78. The summed E-state index contributed by atoms with van der Waals surface area (Å²) in [5.41, 5.74) is 0.848. The van der Waals surface area contributed by atoms with E-state index in [1.54, 1.807) is 11.1 Å². The molecular weight excluding hydrogens is 296 g/mol. The molecule has 22 heavy (non-hydrogen) atoms. The van der Waals surface area contributed by atoms with Gasteiger partial charge in [-0.05, 0) is 24.3 Å². The monoisotopic (exact) mass is 313 g/mol. The Morgan fingerprint density at radius 3 is 2.55 bits per heavy atom. The molecule has 7 heteroatoms. The van der Waals surface area contributed by atoms with Crippen LogP contribution in [-0.4, -0.2) is 37.9 Å². The van der Waals surface area contributed by atoms with Crippen LogP contribution in [0.4, 0.5) is 14.5 Å². The maximum Gasteiger partial charge on any atom is 0.345 e. The third-order valence-corrected chi connectivity index (χ3v) is 2.67. The van der Waals surface area contributed by atoms with Crippen LogP contribution in [0.15, 0.2) is 54.4 Å². The van der Waals surface area contributed by atoms with Crippen LogP contribution in [0, 0.1) is 0 Å². The van der Waals surface area contributed by atoms with E-state index in [9.17, 15) is 13.9 Å². The van der Waals surface area contributed by atoms with Gasteiger partial charge in [-0.3, -0.25) is 4.79 Å². The minimum absolute atomic E-state index is 0.0463. The fourth-order valence-electron chi connectivity index (χ4n) is 1.78. The van der Waals surface area contributed by atoms with Crippen molar-refractivity contribution in [3.63, 3.8) is 0 Å². The second kappa shape index (κ2) is 9.51. The number of methoxy groups -OCH3 is 1. The number of ether oxygens (including phenoxy) is 2. The van der Waals surface area contributed by atoms with Gasteiger partial charge < -0.3 is 19.5 Å². The Morgan fingerprint density at radius 2 is 2.00 bits per heavy atom. The molecule has 0 amide bonds. The van der Waals surface area contributed by atoms with Gasteiger partial charge in [0.25, 0.3) is 6.47 Å². The van der Waals surface area contributed by atoms with Crippen molar-refractivity contribution in [3.05, 3.63) is 54.4 Å². The third-order valence-electron chi connectivity index (χ3n) is 2.67. The van der Waals surface area contributed by atoms with Crippen LogP contribution in [0.5, 0.6) is 0 Å². The number of rotatable bonds is 5. The summed E-state index contributed by atoms with van der Waals surface area (Å²) in [7, 11) is 1.31. The third kappa shape index (κ3) is 5.92. The lowest BCUT2D eigenvalue weighted by atomic mass is 10.1. The molecular formula is C15H17F2NO4. The largest absolute Gasteiger partial charge is 0.508 e. The number of allylic oxidation sites excluding steroid dienone is 1. The Bertz CT molecular complexity index is 506. The minimum Gasteiger partial charge on any atom is -0.508 e. The minimum atomic E-state index is -2.82. The first-order valence-electron chi connectivity index (χ1n) is 6.37. The average Bonchev–Trinajstić information content (AvgIpc) is 2.54. The van der Waals surface area contributed by atoms with Gasteiger partial charge >= 0.3 is 6.61 Å². The maximum atomic E-state index is 12.1. The lowest BCUT2D eigenvalue weighted by Gasteiger charge is -2.30. The first-order valence-corrected chi connectivity index (χ1v) is 6.37. The lowest BCUT2D eigenvalue weighted by molar-refractivity contribution is -0.129. The van der Waals surface area contributed by atoms with Crippen LogP contribution in [0.2, 0.25) is 0 Å². The average molecular weight is 313 g/mol. The van der Waals surface area contributed by atoms with E-state index in [0.29, 0.717) is 6.47 Å². The maximum absolute atomic E-state index is 12.1. The molecule has 1 heterocycles. The molecule has 1 aliphatic heterocycles. The highest BCUT2D eigenvalue weighted by atomic mass is 19.3. The Kier molecular flexibility index (Phi) is 7.63. The number of anilines is 1. The fraction of sp³-hybridized carbons (Fsp3) is 0.267. The number of halogens is 2. The molecule has 0 aromatic heterocycles. The number of benzene rings is 1. The van der Waals surface area contributed by atoms with Crippen molar-refractivity contribution in [3.8, 4) is 0 Å². The van der Waals surface area contributed by atoms with E-state index in [2.05, 4.69) is 9.47 Å². The van der Waals surface area contributed by atoms with Crippen LogP contribution >= 0.6 is 0 Å². The molecule has 0 spiro atoms. The zero-order valence-electron chi connectivity index (χ0n) is 11.9. The smallest absolute Gasteiger partial charge is 0.345 e. The molecule has 5 nitrogen and oxygen atoms in total. The van der Waals surface area contributed by atoms with E-state index < -0.39 is 12.7 Å². The van der Waals surface area contributed by atoms with Crippen LogP contribution in [0.1, 0.15) is 0 Å². The summed E-state index contributed by atoms with van der Waals surface area (Å²) < 4.78 is 32.3. The Labute approximate surface area is 127 Å². The summed E-state index contributed by atoms with van der Waals surface area (Å²) >= 11 is 0. The summed E-state index contributed by atoms with van der Waals surface area (Å²) in [6.45, 7) is -2.63. The molecule has 0 aliphatic carbocycles. The van der Waals surface area contributed by atoms with Gasteiger partial charge in [-0.2, -0.15) is 8.78 Å². The van der Waals surface area contributed by atoms with Crippen LogP contribution in [0.25, 0.3) is 0 Å². The van der Waals surface area contributed by atoms with Gasteiger partial charge in [-0.15, -0.1) is 0 Å². The zero-order valence-corrected chi connectivity index (χ0v) is 11.9. The number of hydrogen-bond acceptors (Lipinski definition) is 5. The van der Waals surface area contributed by atoms with E-state index >= 15 is 0 Å². The SMILES string of the molecule is COC=O.OC1=C[C@@H](COC(F)F)N(c2ccccc2)C=C1. The summed E-state index contributed by atoms with van der Waals surface area (Å²) in [6.07, 6.45) is 4.63. The number of aliphatic hydroxyl groups excluding tert-OH is 1. The molecule has 2 rings (SSSR count). The number of alkyl halides is 2. The van der Waals surface area contributed by atoms with Gasteiger partial charge in [0.05, 0.1) is 19.8 Å². The van der Waals surface area contributed by atoms with Gasteiger partial charge in [0.15, 0.2) is 0 Å². The molecule has 0 fully saturated rings. The molecule has 0 unspecified atom stereocenters. The van der Waals surface area contributed by atoms with Crippen molar-refractivity contribution in [2.45, 2.75) is 12.7 Å². The van der Waals surface area contributed by atoms with E-state index in [1.165, 1.54) is 19.3 Å². The zero-order chi connectivity index (χ0) is 16.4. The van der Waals surface area contributed by atoms with Crippen molar-refractivity contribution in [1.82, 2.24) is 0 Å². The summed E-state index contributed by atoms with van der Waals surface area (Å²) in [4.78, 5) is 10.7. The molecule has 0 saturated heterocycles. The molecule has 0 saturated carbocycles. The van der Waals surface area contributed by atoms with E-state index in [4.69, 9.17) is 4.79 Å². The Hall–Kier alpha value is -2.41. The second-order valence-corrected chi connectivity index (χ2v) is 4.14. The molecule has 1 aromatic carbocycles. The lowest BCUT2D eigenvalue weighted by Crippen LogP contribution is -2.35. The highest BCUT2D eigenvalue weighted by molar-refractivity contribution is 5.53. The van der Waals surface area contributed by atoms with Gasteiger partial charge in [-0.25, -0.2) is 0 Å². The standard InChI is InChI=1S/C13H13F2NO2.C2H4O2/c14-13(15)18-9-11-8-12(17)6-7-16(11)10-4-2-1-3-5-10;1-4-2-3/h1-8,11,13,17H,9H2;2H,1H3/t11-;/m0./s1. The van der Waals surface area contributed by atoms with Crippen molar-refractivity contribution >= 4 is 12.2 Å². The van der Waals surface area contributed by atoms with E-state index in [-0.39, 0.29) is 12.4 Å². The number of aliphatic hydroxyl groups is 1. The van der Waals surface area contributed by atoms with Crippen molar-refractivity contribution in [1.29, 1.82) is 0 Å². The molecule has 120 valence electrons. The van der Waals surface area contributed by atoms with Crippen LogP contribution < -0.4 is 4.90 Å². The first kappa shape index (κ1) is 17.6. The van der Waals surface area contributed by atoms with E-state index in [0.717, 1.165) is 5.69 Å². The topological polar surface area (TPSA) is 59.0 Å². The van der Waals surface area contributed by atoms with Crippen molar-refractivity contribution in [2.24, 2.45) is 0 Å². The number of hydrogen-bond donors (Lipinski definition) is 1. The molecule has 0 radical (unpaired) electrons. The molecule has 1 aromatic rings. The highest BCUT2D eigenvalue weighted by Gasteiger charge is 2.20. The Morgan fingerprint density at radius 1 is 1.36 bits per heavy atom. The number of para-hydroxylation sites is 1. The van der Waals surface area contributed by atoms with Gasteiger partial charge in [0.2, 0.25) is 0 Å². The van der Waals surface area contributed by atoms with E-state index in [1.807, 2.05) is 30.3 Å². The van der Waals surface area contributed by atoms with Gasteiger partial charge in [0, 0.05) is 11.9 Å². The Balaban J connectivity index is 0.000000541. The number of carbonyl (C=O) groups excluding carboxylic acids is 1. The second-order valence-electron chi connectivity index (χ2n) is 4.14. The number of carbonyl (C=O) groups is 1. The van der Waals surface area contributed by atoms with Crippen LogP contribution in [-0.2, 0) is 14.3 Å². The molecule has 0 bridgehead atoms. The molecule has 1 N–H and O–H groups in total. The molecule has 1 aliphatic rings. The highest BCUT2D eigenvalue weighted by Crippen LogP contribution is 2.22. The quantitative estimate of drug-likeness (QED) is 0.847. The van der Waals surface area contributed by atoms with Gasteiger partial charge in [0.1, 0.15) is 5.76 Å². The summed E-state index contributed by atoms with van der Waals surface area (Å²) in [5.74, 6) is 0.0463. The van der Waals surface area contributed by atoms with Gasteiger partial charge in [-0.1, -0.05) is 18.2 Å². The van der Waals surface area contributed by atoms with Crippen molar-refractivity contribution in [2.75, 3.05) is 18.6 Å². The predicted octanol–water partition coefficient (Wildman–Crippen LogP) is 2.86. The van der Waals surface area contributed by atoms with Crippen molar-refractivity contribution < 1.29 is 28.2 Å². The summed E-state index contributed by atoms with van der Waals surface area (Å²) in [5, 5.41) is 9.41. The number of nitrogens with zero attached hydrogens (tertiary/aromatic N) is 1. The first-order chi connectivity index (χ1) is 10.6. The summed E-state index contributed by atoms with van der Waals surface area (Å²) in [6, 6.07) is 8.84.